The Morgan fingerprint density at radius 3 is 2.96 bits per heavy atom. The number of hydrogen-bond donors (Lipinski definition) is 2. The monoisotopic (exact) mass is 322 g/mol. The lowest BCUT2D eigenvalue weighted by molar-refractivity contribution is -0.138. The molecule has 0 radical (unpaired) electrons. The van der Waals surface area contributed by atoms with Gasteiger partial charge in [-0.3, -0.25) is 9.59 Å². The molecule has 0 aliphatic carbocycles. The van der Waals surface area contributed by atoms with E-state index in [2.05, 4.69) is 5.32 Å². The van der Waals surface area contributed by atoms with E-state index < -0.39 is 5.41 Å². The highest BCUT2D eigenvalue weighted by atomic mass is 16.5. The highest BCUT2D eigenvalue weighted by Crippen LogP contribution is 2.43. The standard InChI is InChI=1S/C16H22N2O5/c1-10-5-12(7-19)23-13(10)14(20)18-6-11-8-22-4-3-16(11,9-18)15(21)17-2/h5,11,19H,3-4,6-9H2,1-2H3,(H,17,21)/t11-,16+/m1/s1. The lowest BCUT2D eigenvalue weighted by Crippen LogP contribution is -2.49. The molecule has 23 heavy (non-hydrogen) atoms. The van der Waals surface area contributed by atoms with Crippen molar-refractivity contribution < 1.29 is 23.8 Å². The van der Waals surface area contributed by atoms with Crippen LogP contribution in [0.15, 0.2) is 10.5 Å². The third-order valence-corrected chi connectivity index (χ3v) is 4.99. The van der Waals surface area contributed by atoms with E-state index in [9.17, 15) is 9.59 Å². The minimum atomic E-state index is -0.580. The molecule has 3 heterocycles. The number of carbonyl (C=O) groups excluding carboxylic acids is 2. The average Bonchev–Trinajstić information content (AvgIpc) is 3.14. The Morgan fingerprint density at radius 1 is 1.52 bits per heavy atom. The summed E-state index contributed by atoms with van der Waals surface area (Å²) in [6.45, 7) is 3.38. The summed E-state index contributed by atoms with van der Waals surface area (Å²) in [5.41, 5.74) is 0.113. The molecule has 0 spiro atoms. The van der Waals surface area contributed by atoms with Gasteiger partial charge in [-0.05, 0) is 19.4 Å². The molecule has 1 aromatic rings. The van der Waals surface area contributed by atoms with Crippen LogP contribution in [0.1, 0.15) is 28.3 Å². The van der Waals surface area contributed by atoms with Crippen molar-refractivity contribution in [3.8, 4) is 0 Å². The molecule has 2 aliphatic rings. The van der Waals surface area contributed by atoms with Gasteiger partial charge in [-0.15, -0.1) is 0 Å². The van der Waals surface area contributed by atoms with Crippen molar-refractivity contribution in [2.75, 3.05) is 33.4 Å². The highest BCUT2D eigenvalue weighted by molar-refractivity contribution is 5.94. The smallest absolute Gasteiger partial charge is 0.289 e. The summed E-state index contributed by atoms with van der Waals surface area (Å²) in [5, 5.41) is 11.9. The maximum absolute atomic E-state index is 12.8. The number of hydrogen-bond acceptors (Lipinski definition) is 5. The lowest BCUT2D eigenvalue weighted by Gasteiger charge is -2.36. The fraction of sp³-hybridized carbons (Fsp3) is 0.625. The number of carbonyl (C=O) groups is 2. The molecular weight excluding hydrogens is 300 g/mol. The number of nitrogens with one attached hydrogen (secondary N) is 1. The second-order valence-corrected chi connectivity index (χ2v) is 6.33. The zero-order valence-corrected chi connectivity index (χ0v) is 13.4. The van der Waals surface area contributed by atoms with E-state index >= 15 is 0 Å². The van der Waals surface area contributed by atoms with Gasteiger partial charge in [-0.1, -0.05) is 0 Å². The lowest BCUT2D eigenvalue weighted by atomic mass is 9.73. The first-order valence-corrected chi connectivity index (χ1v) is 7.81. The van der Waals surface area contributed by atoms with Crippen LogP contribution in [0.25, 0.3) is 0 Å². The largest absolute Gasteiger partial charge is 0.453 e. The number of nitrogens with zero attached hydrogens (tertiary/aromatic N) is 1. The summed E-state index contributed by atoms with van der Waals surface area (Å²) in [6, 6.07) is 1.66. The molecule has 1 aromatic heterocycles. The van der Waals surface area contributed by atoms with Gasteiger partial charge in [-0.2, -0.15) is 0 Å². The number of amides is 2. The summed E-state index contributed by atoms with van der Waals surface area (Å²) >= 11 is 0. The SMILES string of the molecule is CNC(=O)[C@]12CCOC[C@H]1CN(C(=O)c1oc(CO)cc1C)C2. The molecule has 0 unspecified atom stereocenters. The molecule has 2 fully saturated rings. The average molecular weight is 322 g/mol. The first kappa shape index (κ1) is 16.0. The van der Waals surface area contributed by atoms with E-state index in [1.165, 1.54) is 0 Å². The molecule has 2 saturated heterocycles. The topological polar surface area (TPSA) is 92.0 Å². The predicted molar refractivity (Wildman–Crippen MR) is 80.7 cm³/mol. The van der Waals surface area contributed by atoms with Crippen LogP contribution in [-0.2, 0) is 16.1 Å². The van der Waals surface area contributed by atoms with E-state index in [0.29, 0.717) is 44.0 Å². The van der Waals surface area contributed by atoms with Gasteiger partial charge in [0, 0.05) is 38.2 Å². The van der Waals surface area contributed by atoms with Gasteiger partial charge in [0.1, 0.15) is 12.4 Å². The van der Waals surface area contributed by atoms with E-state index in [1.54, 1.807) is 24.9 Å². The van der Waals surface area contributed by atoms with Gasteiger partial charge >= 0.3 is 0 Å². The number of aliphatic hydroxyl groups excluding tert-OH is 1. The number of furan rings is 1. The Labute approximate surface area is 134 Å². The molecular formula is C16H22N2O5. The van der Waals surface area contributed by atoms with Crippen LogP contribution in [0, 0.1) is 18.3 Å². The molecule has 2 atom stereocenters. The van der Waals surface area contributed by atoms with Gasteiger partial charge in [-0.25, -0.2) is 0 Å². The van der Waals surface area contributed by atoms with Crippen molar-refractivity contribution in [3.63, 3.8) is 0 Å². The molecule has 2 N–H and O–H groups in total. The quantitative estimate of drug-likeness (QED) is 0.835. The van der Waals surface area contributed by atoms with E-state index in [4.69, 9.17) is 14.3 Å². The van der Waals surface area contributed by atoms with Gasteiger partial charge < -0.3 is 24.5 Å². The third-order valence-electron chi connectivity index (χ3n) is 4.99. The van der Waals surface area contributed by atoms with Crippen molar-refractivity contribution in [1.29, 1.82) is 0 Å². The van der Waals surface area contributed by atoms with Gasteiger partial charge in [0.15, 0.2) is 5.76 Å². The molecule has 7 heteroatoms. The zero-order chi connectivity index (χ0) is 16.6. The van der Waals surface area contributed by atoms with E-state index in [0.717, 1.165) is 0 Å². The fourth-order valence-corrected chi connectivity index (χ4v) is 3.71. The number of likely N-dealkylation sites (tertiary alicyclic amines) is 1. The second-order valence-electron chi connectivity index (χ2n) is 6.33. The van der Waals surface area contributed by atoms with Gasteiger partial charge in [0.2, 0.25) is 5.91 Å². The number of aliphatic hydroxyl groups is 1. The van der Waals surface area contributed by atoms with Gasteiger partial charge in [0.05, 0.1) is 12.0 Å². The van der Waals surface area contributed by atoms with Gasteiger partial charge in [0.25, 0.3) is 5.91 Å². The molecule has 2 amide bonds. The van der Waals surface area contributed by atoms with Crippen LogP contribution in [0.4, 0.5) is 0 Å². The third kappa shape index (κ3) is 2.53. The van der Waals surface area contributed by atoms with Crippen molar-refractivity contribution in [2.24, 2.45) is 11.3 Å². The molecule has 126 valence electrons. The summed E-state index contributed by atoms with van der Waals surface area (Å²) in [4.78, 5) is 26.9. The zero-order valence-electron chi connectivity index (χ0n) is 13.4. The van der Waals surface area contributed by atoms with Crippen molar-refractivity contribution in [2.45, 2.75) is 20.0 Å². The summed E-state index contributed by atoms with van der Waals surface area (Å²) < 4.78 is 10.9. The van der Waals surface area contributed by atoms with Crippen molar-refractivity contribution >= 4 is 11.8 Å². The normalized spacial score (nSPS) is 26.9. The minimum Gasteiger partial charge on any atom is -0.453 e. The van der Waals surface area contributed by atoms with Crippen LogP contribution >= 0.6 is 0 Å². The summed E-state index contributed by atoms with van der Waals surface area (Å²) in [6.07, 6.45) is 0.611. The highest BCUT2D eigenvalue weighted by Gasteiger charge is 2.54. The molecule has 7 nitrogen and oxygen atoms in total. The number of fused-ring (bicyclic) bond motifs is 1. The van der Waals surface area contributed by atoms with Crippen LogP contribution < -0.4 is 5.32 Å². The minimum absolute atomic E-state index is 0.00673. The van der Waals surface area contributed by atoms with Crippen LogP contribution in [0.2, 0.25) is 0 Å². The molecule has 0 bridgehead atoms. The summed E-state index contributed by atoms with van der Waals surface area (Å²) in [7, 11) is 1.62. The maximum atomic E-state index is 12.8. The second kappa shape index (κ2) is 5.98. The molecule has 2 aliphatic heterocycles. The Kier molecular flexibility index (Phi) is 4.16. The van der Waals surface area contributed by atoms with E-state index in [-0.39, 0.29) is 30.1 Å². The van der Waals surface area contributed by atoms with Crippen LogP contribution in [0.3, 0.4) is 0 Å². The summed E-state index contributed by atoms with van der Waals surface area (Å²) in [5.74, 6) is 0.327. The first-order chi connectivity index (χ1) is 11.0. The number of rotatable bonds is 3. The maximum Gasteiger partial charge on any atom is 0.289 e. The van der Waals surface area contributed by atoms with Crippen molar-refractivity contribution in [1.82, 2.24) is 10.2 Å². The number of aryl methyl sites for hydroxylation is 1. The molecule has 0 saturated carbocycles. The first-order valence-electron chi connectivity index (χ1n) is 7.81. The Bertz CT molecular complexity index is 626. The van der Waals surface area contributed by atoms with E-state index in [1.807, 2.05) is 0 Å². The van der Waals surface area contributed by atoms with Crippen LogP contribution in [0.5, 0.6) is 0 Å². The van der Waals surface area contributed by atoms with Crippen LogP contribution in [-0.4, -0.2) is 55.2 Å². The Hall–Kier alpha value is -1.86. The Morgan fingerprint density at radius 2 is 2.30 bits per heavy atom. The Balaban J connectivity index is 1.86. The molecule has 0 aromatic carbocycles. The predicted octanol–water partition coefficient (Wildman–Crippen LogP) is 0.305. The van der Waals surface area contributed by atoms with Crippen molar-refractivity contribution in [3.05, 3.63) is 23.2 Å². The fourth-order valence-electron chi connectivity index (χ4n) is 3.71. The molecule has 3 rings (SSSR count). The number of ether oxygens (including phenoxy) is 1.